The van der Waals surface area contributed by atoms with Crippen LogP contribution in [-0.4, -0.2) is 29.3 Å². The minimum absolute atomic E-state index is 0.157. The molecule has 1 aromatic heterocycles. The second-order valence-electron chi connectivity index (χ2n) is 3.71. The van der Waals surface area contributed by atoms with Gasteiger partial charge in [0.25, 0.3) is 0 Å². The number of halogens is 1. The fourth-order valence-corrected chi connectivity index (χ4v) is 2.21. The van der Waals surface area contributed by atoms with E-state index in [-0.39, 0.29) is 6.61 Å². The van der Waals surface area contributed by atoms with Gasteiger partial charge in [-0.25, -0.2) is 4.98 Å². The molecule has 0 aromatic carbocycles. The highest BCUT2D eigenvalue weighted by Crippen LogP contribution is 2.19. The Labute approximate surface area is 106 Å². The van der Waals surface area contributed by atoms with E-state index in [1.807, 2.05) is 18.2 Å². The summed E-state index contributed by atoms with van der Waals surface area (Å²) >= 11 is 3.37. The molecule has 0 atom stereocenters. The van der Waals surface area contributed by atoms with Gasteiger partial charge in [0.2, 0.25) is 0 Å². The van der Waals surface area contributed by atoms with Gasteiger partial charge >= 0.3 is 0 Å². The van der Waals surface area contributed by atoms with Gasteiger partial charge in [-0.15, -0.1) is 0 Å². The van der Waals surface area contributed by atoms with Crippen molar-refractivity contribution in [2.45, 2.75) is 32.7 Å². The van der Waals surface area contributed by atoms with Crippen LogP contribution in [0.2, 0.25) is 0 Å². The maximum atomic E-state index is 9.13. The van der Waals surface area contributed by atoms with Crippen LogP contribution < -0.4 is 4.90 Å². The maximum absolute atomic E-state index is 9.13. The van der Waals surface area contributed by atoms with Crippen molar-refractivity contribution >= 4 is 21.7 Å². The smallest absolute Gasteiger partial charge is 0.130 e. The summed E-state index contributed by atoms with van der Waals surface area (Å²) in [5.74, 6) is 0.928. The number of hydrogen-bond donors (Lipinski definition) is 1. The predicted molar refractivity (Wildman–Crippen MR) is 70.7 cm³/mol. The van der Waals surface area contributed by atoms with Crippen molar-refractivity contribution in [3.05, 3.63) is 22.8 Å². The van der Waals surface area contributed by atoms with Crippen LogP contribution >= 0.6 is 15.9 Å². The standard InChI is InChI=1S/C12H19BrN2O/c1-3-10(4-2)15(8-9-16)12-7-5-6-11(13)14-12/h5-7,10,16H,3-4,8-9H2,1-2H3. The Morgan fingerprint density at radius 3 is 2.56 bits per heavy atom. The molecular formula is C12H19BrN2O. The van der Waals surface area contributed by atoms with Gasteiger partial charge in [0.1, 0.15) is 10.4 Å². The van der Waals surface area contributed by atoms with E-state index < -0.39 is 0 Å². The Hall–Kier alpha value is -0.610. The van der Waals surface area contributed by atoms with Gasteiger partial charge in [-0.05, 0) is 40.9 Å². The topological polar surface area (TPSA) is 36.4 Å². The molecule has 0 aliphatic carbocycles. The number of aliphatic hydroxyl groups is 1. The first-order valence-electron chi connectivity index (χ1n) is 5.73. The third-order valence-corrected chi connectivity index (χ3v) is 3.16. The summed E-state index contributed by atoms with van der Waals surface area (Å²) in [4.78, 5) is 6.61. The number of aliphatic hydroxyl groups excluding tert-OH is 1. The molecule has 0 fully saturated rings. The first-order chi connectivity index (χ1) is 7.72. The molecule has 0 saturated carbocycles. The monoisotopic (exact) mass is 286 g/mol. The average molecular weight is 287 g/mol. The van der Waals surface area contributed by atoms with E-state index in [2.05, 4.69) is 39.7 Å². The van der Waals surface area contributed by atoms with Gasteiger partial charge < -0.3 is 10.0 Å². The van der Waals surface area contributed by atoms with Crippen molar-refractivity contribution in [2.24, 2.45) is 0 Å². The van der Waals surface area contributed by atoms with Crippen LogP contribution in [0.25, 0.3) is 0 Å². The van der Waals surface area contributed by atoms with Gasteiger partial charge in [0, 0.05) is 12.6 Å². The van der Waals surface area contributed by atoms with Crippen molar-refractivity contribution < 1.29 is 5.11 Å². The van der Waals surface area contributed by atoms with Crippen LogP contribution in [-0.2, 0) is 0 Å². The van der Waals surface area contributed by atoms with Gasteiger partial charge in [-0.3, -0.25) is 0 Å². The fraction of sp³-hybridized carbons (Fsp3) is 0.583. The Kier molecular flexibility index (Phi) is 5.77. The van der Waals surface area contributed by atoms with E-state index in [1.165, 1.54) is 0 Å². The molecule has 0 saturated heterocycles. The molecule has 16 heavy (non-hydrogen) atoms. The molecule has 0 aliphatic rings. The predicted octanol–water partition coefficient (Wildman–Crippen LogP) is 2.83. The van der Waals surface area contributed by atoms with Crippen LogP contribution in [0.5, 0.6) is 0 Å². The van der Waals surface area contributed by atoms with Crippen molar-refractivity contribution in [3.63, 3.8) is 0 Å². The van der Waals surface area contributed by atoms with Gasteiger partial charge in [-0.1, -0.05) is 19.9 Å². The Balaban J connectivity index is 2.91. The van der Waals surface area contributed by atoms with E-state index in [4.69, 9.17) is 5.11 Å². The third-order valence-electron chi connectivity index (χ3n) is 2.72. The number of hydrogen-bond acceptors (Lipinski definition) is 3. The Bertz CT molecular complexity index is 316. The summed E-state index contributed by atoms with van der Waals surface area (Å²) < 4.78 is 0.832. The highest BCUT2D eigenvalue weighted by molar-refractivity contribution is 9.10. The van der Waals surface area contributed by atoms with E-state index >= 15 is 0 Å². The lowest BCUT2D eigenvalue weighted by molar-refractivity contribution is 0.295. The van der Waals surface area contributed by atoms with Crippen LogP contribution in [0.3, 0.4) is 0 Å². The summed E-state index contributed by atoms with van der Waals surface area (Å²) in [6, 6.07) is 6.31. The summed E-state index contributed by atoms with van der Waals surface area (Å²) in [7, 11) is 0. The lowest BCUT2D eigenvalue weighted by Gasteiger charge is -2.31. The van der Waals surface area contributed by atoms with E-state index in [9.17, 15) is 0 Å². The zero-order valence-electron chi connectivity index (χ0n) is 9.86. The number of rotatable bonds is 6. The molecule has 0 aliphatic heterocycles. The second kappa shape index (κ2) is 6.86. The molecule has 4 heteroatoms. The van der Waals surface area contributed by atoms with Crippen LogP contribution in [0, 0.1) is 0 Å². The quantitative estimate of drug-likeness (QED) is 0.817. The largest absolute Gasteiger partial charge is 0.395 e. The maximum Gasteiger partial charge on any atom is 0.130 e. The first-order valence-corrected chi connectivity index (χ1v) is 6.52. The minimum atomic E-state index is 0.157. The number of aromatic nitrogens is 1. The summed E-state index contributed by atoms with van der Waals surface area (Å²) in [5.41, 5.74) is 0. The lowest BCUT2D eigenvalue weighted by Crippen LogP contribution is -2.37. The fourth-order valence-electron chi connectivity index (χ4n) is 1.88. The van der Waals surface area contributed by atoms with Crippen LogP contribution in [0.4, 0.5) is 5.82 Å². The summed E-state index contributed by atoms with van der Waals surface area (Å²) in [6.07, 6.45) is 2.12. The highest BCUT2D eigenvalue weighted by atomic mass is 79.9. The molecule has 1 aromatic rings. The molecule has 0 spiro atoms. The first kappa shape index (κ1) is 13.5. The van der Waals surface area contributed by atoms with Gasteiger partial charge in [0.05, 0.1) is 6.61 Å². The number of nitrogens with zero attached hydrogens (tertiary/aromatic N) is 2. The normalized spacial score (nSPS) is 10.8. The van der Waals surface area contributed by atoms with E-state index in [1.54, 1.807) is 0 Å². The second-order valence-corrected chi connectivity index (χ2v) is 4.52. The molecule has 1 N–H and O–H groups in total. The molecule has 0 amide bonds. The van der Waals surface area contributed by atoms with Gasteiger partial charge in [-0.2, -0.15) is 0 Å². The van der Waals surface area contributed by atoms with E-state index in [0.29, 0.717) is 12.6 Å². The summed E-state index contributed by atoms with van der Waals surface area (Å²) in [5, 5.41) is 9.13. The highest BCUT2D eigenvalue weighted by Gasteiger charge is 2.16. The molecule has 0 bridgehead atoms. The molecule has 1 rings (SSSR count). The van der Waals surface area contributed by atoms with Crippen LogP contribution in [0.1, 0.15) is 26.7 Å². The van der Waals surface area contributed by atoms with Crippen LogP contribution in [0.15, 0.2) is 22.8 Å². The van der Waals surface area contributed by atoms with Crippen molar-refractivity contribution in [1.29, 1.82) is 0 Å². The van der Waals surface area contributed by atoms with E-state index in [0.717, 1.165) is 23.3 Å². The molecule has 1 heterocycles. The third kappa shape index (κ3) is 3.46. The lowest BCUT2D eigenvalue weighted by atomic mass is 10.1. The molecule has 0 radical (unpaired) electrons. The van der Waals surface area contributed by atoms with Gasteiger partial charge in [0.15, 0.2) is 0 Å². The zero-order valence-corrected chi connectivity index (χ0v) is 11.4. The number of pyridine rings is 1. The zero-order chi connectivity index (χ0) is 12.0. The molecule has 0 unspecified atom stereocenters. The molecular weight excluding hydrogens is 268 g/mol. The Morgan fingerprint density at radius 1 is 1.38 bits per heavy atom. The average Bonchev–Trinajstić information content (AvgIpc) is 2.29. The van der Waals surface area contributed by atoms with Crippen molar-refractivity contribution in [1.82, 2.24) is 4.98 Å². The Morgan fingerprint density at radius 2 is 2.06 bits per heavy atom. The molecule has 3 nitrogen and oxygen atoms in total. The van der Waals surface area contributed by atoms with Crippen molar-refractivity contribution in [2.75, 3.05) is 18.1 Å². The summed E-state index contributed by atoms with van der Waals surface area (Å²) in [6.45, 7) is 5.12. The molecule has 90 valence electrons. The number of anilines is 1. The minimum Gasteiger partial charge on any atom is -0.395 e. The SMILES string of the molecule is CCC(CC)N(CCO)c1cccc(Br)n1. The van der Waals surface area contributed by atoms with Crippen molar-refractivity contribution in [3.8, 4) is 0 Å².